The van der Waals surface area contributed by atoms with Crippen LogP contribution in [0.5, 0.6) is 0 Å². The van der Waals surface area contributed by atoms with Gasteiger partial charge in [0, 0.05) is 23.7 Å². The lowest BCUT2D eigenvalue weighted by Gasteiger charge is -2.16. The molecule has 35 heavy (non-hydrogen) atoms. The number of carboxylic acids is 1. The summed E-state index contributed by atoms with van der Waals surface area (Å²) in [4.78, 5) is 35.8. The van der Waals surface area contributed by atoms with Crippen molar-refractivity contribution in [1.29, 1.82) is 0 Å². The summed E-state index contributed by atoms with van der Waals surface area (Å²) in [6.07, 6.45) is -2.30. The fourth-order valence-electron chi connectivity index (χ4n) is 4.34. The predicted molar refractivity (Wildman–Crippen MR) is 130 cm³/mol. The van der Waals surface area contributed by atoms with E-state index in [1.54, 1.807) is 25.1 Å². The minimum atomic E-state index is -1.20. The van der Waals surface area contributed by atoms with Crippen LogP contribution in [0.15, 0.2) is 66.7 Å². The summed E-state index contributed by atoms with van der Waals surface area (Å²) in [5, 5.41) is 23.6. The number of hydrogen-bond acceptors (Lipinski definition) is 5. The molecule has 0 spiro atoms. The van der Waals surface area contributed by atoms with E-state index in [1.165, 1.54) is 0 Å². The first-order valence-corrected chi connectivity index (χ1v) is 11.2. The van der Waals surface area contributed by atoms with Crippen molar-refractivity contribution < 1.29 is 29.3 Å². The molecule has 4 N–H and O–H groups in total. The summed E-state index contributed by atoms with van der Waals surface area (Å²) in [6.45, 7) is 1.65. The molecule has 0 radical (unpaired) electrons. The SMILES string of the molecule is Cc1c(NC(=O)OCC2c3ccccc3-c3ccccc32)cccc1C(=O)NCC(O)CC(=O)O. The Morgan fingerprint density at radius 1 is 0.943 bits per heavy atom. The summed E-state index contributed by atoms with van der Waals surface area (Å²) < 4.78 is 5.58. The van der Waals surface area contributed by atoms with Gasteiger partial charge in [-0.1, -0.05) is 54.6 Å². The van der Waals surface area contributed by atoms with Gasteiger partial charge in [-0.15, -0.1) is 0 Å². The van der Waals surface area contributed by atoms with Gasteiger partial charge in [0.15, 0.2) is 0 Å². The van der Waals surface area contributed by atoms with E-state index < -0.39 is 30.5 Å². The number of benzene rings is 3. The maximum absolute atomic E-state index is 12.6. The van der Waals surface area contributed by atoms with Crippen molar-refractivity contribution in [3.8, 4) is 11.1 Å². The average Bonchev–Trinajstić information content (AvgIpc) is 3.16. The second kappa shape index (κ2) is 10.4. The molecule has 0 saturated heterocycles. The Morgan fingerprint density at radius 2 is 1.57 bits per heavy atom. The van der Waals surface area contributed by atoms with Gasteiger partial charge in [-0.2, -0.15) is 0 Å². The minimum absolute atomic E-state index is 0.0661. The van der Waals surface area contributed by atoms with Crippen molar-refractivity contribution in [3.63, 3.8) is 0 Å². The zero-order valence-corrected chi connectivity index (χ0v) is 19.2. The van der Waals surface area contributed by atoms with Crippen LogP contribution in [0.4, 0.5) is 10.5 Å². The maximum atomic E-state index is 12.6. The van der Waals surface area contributed by atoms with Crippen molar-refractivity contribution in [1.82, 2.24) is 5.32 Å². The molecule has 8 nitrogen and oxygen atoms in total. The quantitative estimate of drug-likeness (QED) is 0.392. The molecule has 0 heterocycles. The van der Waals surface area contributed by atoms with Gasteiger partial charge in [0.25, 0.3) is 5.91 Å². The topological polar surface area (TPSA) is 125 Å². The fraction of sp³-hybridized carbons (Fsp3) is 0.222. The van der Waals surface area contributed by atoms with Gasteiger partial charge in [0.05, 0.1) is 12.5 Å². The smallest absolute Gasteiger partial charge is 0.411 e. The lowest BCUT2D eigenvalue weighted by molar-refractivity contribution is -0.139. The largest absolute Gasteiger partial charge is 0.481 e. The molecule has 2 amide bonds. The highest BCUT2D eigenvalue weighted by molar-refractivity contribution is 5.98. The van der Waals surface area contributed by atoms with Crippen LogP contribution in [0.3, 0.4) is 0 Å². The predicted octanol–water partition coefficient (Wildman–Crippen LogP) is 3.92. The van der Waals surface area contributed by atoms with Gasteiger partial charge < -0.3 is 20.3 Å². The molecule has 3 aromatic rings. The van der Waals surface area contributed by atoms with Gasteiger partial charge in [0.2, 0.25) is 0 Å². The number of hydrogen-bond donors (Lipinski definition) is 4. The number of anilines is 1. The molecular formula is C27H26N2O6. The van der Waals surface area contributed by atoms with Crippen molar-refractivity contribution >= 4 is 23.7 Å². The van der Waals surface area contributed by atoms with Gasteiger partial charge in [-0.3, -0.25) is 14.9 Å². The zero-order chi connectivity index (χ0) is 24.9. The lowest BCUT2D eigenvalue weighted by Crippen LogP contribution is -2.33. The average molecular weight is 475 g/mol. The molecule has 3 aromatic carbocycles. The van der Waals surface area contributed by atoms with E-state index >= 15 is 0 Å². The second-order valence-corrected chi connectivity index (χ2v) is 8.39. The van der Waals surface area contributed by atoms with Crippen LogP contribution in [-0.4, -0.2) is 47.4 Å². The molecule has 0 fully saturated rings. The van der Waals surface area contributed by atoms with Gasteiger partial charge in [-0.25, -0.2) is 4.79 Å². The van der Waals surface area contributed by atoms with Crippen LogP contribution < -0.4 is 10.6 Å². The standard InChI is InChI=1S/C27H26N2O6/c1-16-18(26(33)28-14-17(30)13-25(31)32)11-6-12-24(16)29-27(34)35-15-23-21-9-4-2-7-19(21)20-8-3-5-10-22(20)23/h2-12,17,23,30H,13-15H2,1H3,(H,28,33)(H,29,34)(H,31,32). The molecule has 0 saturated carbocycles. The van der Waals surface area contributed by atoms with Crippen LogP contribution in [-0.2, 0) is 9.53 Å². The van der Waals surface area contributed by atoms with Crippen molar-refractivity contribution in [2.45, 2.75) is 25.4 Å². The van der Waals surface area contributed by atoms with Gasteiger partial charge >= 0.3 is 12.1 Å². The molecule has 180 valence electrons. The van der Waals surface area contributed by atoms with Crippen LogP contribution >= 0.6 is 0 Å². The number of aliphatic carboxylic acids is 1. The normalized spacial score (nSPS) is 12.9. The summed E-state index contributed by atoms with van der Waals surface area (Å²) >= 11 is 0. The third-order valence-corrected chi connectivity index (χ3v) is 6.07. The van der Waals surface area contributed by atoms with Crippen LogP contribution in [0.1, 0.15) is 39.4 Å². The first kappa shape index (κ1) is 24.0. The summed E-state index contributed by atoms with van der Waals surface area (Å²) in [5.41, 5.74) is 5.74. The van der Waals surface area contributed by atoms with E-state index in [9.17, 15) is 19.5 Å². The Balaban J connectivity index is 1.39. The minimum Gasteiger partial charge on any atom is -0.481 e. The van der Waals surface area contributed by atoms with E-state index in [1.807, 2.05) is 36.4 Å². The number of ether oxygens (including phenoxy) is 1. The van der Waals surface area contributed by atoms with Gasteiger partial charge in [-0.05, 0) is 46.9 Å². The summed E-state index contributed by atoms with van der Waals surface area (Å²) in [7, 11) is 0. The first-order chi connectivity index (χ1) is 16.8. The van der Waals surface area contributed by atoms with Crippen molar-refractivity contribution in [2.24, 2.45) is 0 Å². The fourth-order valence-corrected chi connectivity index (χ4v) is 4.34. The third-order valence-electron chi connectivity index (χ3n) is 6.07. The molecule has 8 heteroatoms. The molecule has 1 aliphatic rings. The van der Waals surface area contributed by atoms with Crippen LogP contribution in [0.2, 0.25) is 0 Å². The molecule has 0 aromatic heterocycles. The Labute approximate surface area is 202 Å². The third kappa shape index (κ3) is 5.33. The lowest BCUT2D eigenvalue weighted by atomic mass is 9.98. The number of fused-ring (bicyclic) bond motifs is 3. The number of amides is 2. The van der Waals surface area contributed by atoms with Crippen LogP contribution in [0, 0.1) is 6.92 Å². The number of nitrogens with one attached hydrogen (secondary N) is 2. The van der Waals surface area contributed by atoms with Crippen molar-refractivity contribution in [2.75, 3.05) is 18.5 Å². The number of carbonyl (C=O) groups excluding carboxylic acids is 2. The summed E-state index contributed by atoms with van der Waals surface area (Å²) in [6, 6.07) is 21.0. The number of aliphatic hydroxyl groups is 1. The highest BCUT2D eigenvalue weighted by Crippen LogP contribution is 2.44. The molecule has 1 aliphatic carbocycles. The van der Waals surface area contributed by atoms with Crippen LogP contribution in [0.25, 0.3) is 11.1 Å². The Kier molecular flexibility index (Phi) is 7.12. The number of rotatable bonds is 8. The van der Waals surface area contributed by atoms with Crippen molar-refractivity contribution in [3.05, 3.63) is 89.0 Å². The monoisotopic (exact) mass is 474 g/mol. The maximum Gasteiger partial charge on any atom is 0.411 e. The first-order valence-electron chi connectivity index (χ1n) is 11.2. The molecular weight excluding hydrogens is 448 g/mol. The molecule has 1 atom stereocenters. The molecule has 0 aliphatic heterocycles. The number of carboxylic acid groups (broad SMARTS) is 1. The zero-order valence-electron chi connectivity index (χ0n) is 19.2. The number of carbonyl (C=O) groups is 3. The second-order valence-electron chi connectivity index (χ2n) is 8.39. The summed E-state index contributed by atoms with van der Waals surface area (Å²) in [5.74, 6) is -1.70. The molecule has 1 unspecified atom stereocenters. The Hall–Kier alpha value is -4.17. The van der Waals surface area contributed by atoms with E-state index in [4.69, 9.17) is 9.84 Å². The van der Waals surface area contributed by atoms with E-state index in [0.717, 1.165) is 22.3 Å². The number of aliphatic hydroxyl groups excluding tert-OH is 1. The Morgan fingerprint density at radius 3 is 2.20 bits per heavy atom. The van der Waals surface area contributed by atoms with Gasteiger partial charge in [0.1, 0.15) is 6.61 Å². The highest BCUT2D eigenvalue weighted by atomic mass is 16.5. The van der Waals surface area contributed by atoms with E-state index in [-0.39, 0.29) is 19.1 Å². The Bertz CT molecular complexity index is 1230. The van der Waals surface area contributed by atoms with E-state index in [2.05, 4.69) is 22.8 Å². The van der Waals surface area contributed by atoms with E-state index in [0.29, 0.717) is 16.8 Å². The highest BCUT2D eigenvalue weighted by Gasteiger charge is 2.29. The molecule has 0 bridgehead atoms. The molecule has 4 rings (SSSR count).